The van der Waals surface area contributed by atoms with E-state index in [9.17, 15) is 8.42 Å². The van der Waals surface area contributed by atoms with Crippen molar-refractivity contribution in [1.82, 2.24) is 14.2 Å². The summed E-state index contributed by atoms with van der Waals surface area (Å²) < 4.78 is 33.0. The van der Waals surface area contributed by atoms with Crippen LogP contribution in [0.2, 0.25) is 0 Å². The largest absolute Gasteiger partial charge is 0.381 e. The highest BCUT2D eigenvalue weighted by Gasteiger charge is 2.55. The van der Waals surface area contributed by atoms with Gasteiger partial charge in [-0.25, -0.2) is 13.4 Å². The lowest BCUT2D eigenvalue weighted by Gasteiger charge is -2.60. The second kappa shape index (κ2) is 5.99. The molecule has 4 aliphatic rings. The Kier molecular flexibility index (Phi) is 3.98. The monoisotopic (exact) mass is 383 g/mol. The topological polar surface area (TPSA) is 62.7 Å². The van der Waals surface area contributed by atoms with Crippen LogP contribution < -0.4 is 0 Å². The van der Waals surface area contributed by atoms with Crippen LogP contribution in [0.25, 0.3) is 0 Å². The van der Waals surface area contributed by atoms with Gasteiger partial charge in [-0.2, -0.15) is 4.31 Å². The number of nitrogens with zero attached hydrogens (tertiary/aromatic N) is 3. The molecular weight excluding hydrogens is 358 g/mol. The minimum Gasteiger partial charge on any atom is -0.381 e. The second-order valence-electron chi connectivity index (χ2n) is 8.29. The molecule has 0 amide bonds. The Labute approximate surface area is 153 Å². The Morgan fingerprint density at radius 3 is 2.56 bits per heavy atom. The van der Waals surface area contributed by atoms with Gasteiger partial charge in [-0.1, -0.05) is 0 Å². The normalized spacial score (nSPS) is 28.0. The average Bonchev–Trinajstić information content (AvgIpc) is 3.25. The van der Waals surface area contributed by atoms with Crippen LogP contribution in [0.15, 0.2) is 10.4 Å². The highest BCUT2D eigenvalue weighted by molar-refractivity contribution is 7.91. The molecule has 1 aromatic heterocycles. The fraction of sp³-hybridized carbons (Fsp3) is 0.824. The molecule has 1 aliphatic carbocycles. The Morgan fingerprint density at radius 2 is 1.88 bits per heavy atom. The molecular formula is C17H25N3O3S2. The predicted molar refractivity (Wildman–Crippen MR) is 95.3 cm³/mol. The van der Waals surface area contributed by atoms with Crippen LogP contribution in [0, 0.1) is 11.3 Å². The number of likely N-dealkylation sites (tertiary alicyclic amines) is 1. The molecule has 4 heterocycles. The van der Waals surface area contributed by atoms with Crippen molar-refractivity contribution in [2.45, 2.75) is 35.8 Å². The van der Waals surface area contributed by atoms with E-state index in [0.29, 0.717) is 23.2 Å². The van der Waals surface area contributed by atoms with E-state index in [2.05, 4.69) is 9.88 Å². The van der Waals surface area contributed by atoms with Crippen molar-refractivity contribution in [3.8, 4) is 0 Å². The first-order valence-electron chi connectivity index (χ1n) is 9.30. The fourth-order valence-corrected chi connectivity index (χ4v) is 7.58. The van der Waals surface area contributed by atoms with Crippen molar-refractivity contribution in [3.05, 3.63) is 11.2 Å². The number of ether oxygens (including phenoxy) is 1. The van der Waals surface area contributed by atoms with Crippen LogP contribution >= 0.6 is 11.3 Å². The van der Waals surface area contributed by atoms with E-state index in [0.717, 1.165) is 56.6 Å². The molecule has 8 heteroatoms. The van der Waals surface area contributed by atoms with Crippen LogP contribution in [0.4, 0.5) is 0 Å². The molecule has 1 spiro atoms. The van der Waals surface area contributed by atoms with E-state index in [1.807, 2.05) is 0 Å². The van der Waals surface area contributed by atoms with Crippen molar-refractivity contribution in [2.24, 2.45) is 11.3 Å². The zero-order chi connectivity index (χ0) is 17.1. The summed E-state index contributed by atoms with van der Waals surface area (Å²) >= 11 is 1.37. The first-order valence-corrected chi connectivity index (χ1v) is 11.6. The van der Waals surface area contributed by atoms with Crippen molar-refractivity contribution >= 4 is 21.4 Å². The molecule has 0 aromatic carbocycles. The molecule has 3 saturated heterocycles. The predicted octanol–water partition coefficient (Wildman–Crippen LogP) is 1.75. The second-order valence-corrected chi connectivity index (χ2v) is 11.5. The lowest BCUT2D eigenvalue weighted by atomic mass is 9.74. The van der Waals surface area contributed by atoms with Crippen LogP contribution in [-0.2, 0) is 14.8 Å². The van der Waals surface area contributed by atoms with Gasteiger partial charge in [0.2, 0.25) is 0 Å². The SMILES string of the molecule is O=S(=O)(c1cnc(C2CC2)s1)N1CC2(CN(CC3CCOCC3)C2)C1. The van der Waals surface area contributed by atoms with Gasteiger partial charge in [-0.05, 0) is 31.6 Å². The van der Waals surface area contributed by atoms with Gasteiger partial charge in [-0.15, -0.1) is 11.3 Å². The van der Waals surface area contributed by atoms with Crippen molar-refractivity contribution < 1.29 is 13.2 Å². The maximum Gasteiger partial charge on any atom is 0.254 e. The molecule has 1 aromatic rings. The van der Waals surface area contributed by atoms with E-state index in [1.165, 1.54) is 24.2 Å². The van der Waals surface area contributed by atoms with E-state index in [4.69, 9.17) is 4.74 Å². The van der Waals surface area contributed by atoms with Gasteiger partial charge in [0, 0.05) is 57.3 Å². The van der Waals surface area contributed by atoms with Crippen LogP contribution in [0.1, 0.15) is 36.6 Å². The van der Waals surface area contributed by atoms with Crippen LogP contribution in [0.3, 0.4) is 0 Å². The molecule has 0 atom stereocenters. The van der Waals surface area contributed by atoms with Crippen molar-refractivity contribution in [3.63, 3.8) is 0 Å². The van der Waals surface area contributed by atoms with Crippen molar-refractivity contribution in [2.75, 3.05) is 45.9 Å². The standard InChI is InChI=1S/C17H25N3O3S2/c21-25(22,15-7-18-16(24-15)14-1-2-14)20-11-17(12-20)9-19(10-17)8-13-3-5-23-6-4-13/h7,13-14H,1-6,8-12H2. The summed E-state index contributed by atoms with van der Waals surface area (Å²) in [6.07, 6.45) is 6.21. The van der Waals surface area contributed by atoms with Gasteiger partial charge in [0.25, 0.3) is 10.0 Å². The minimum absolute atomic E-state index is 0.211. The van der Waals surface area contributed by atoms with Crippen LogP contribution in [-0.4, -0.2) is 68.5 Å². The summed E-state index contributed by atoms with van der Waals surface area (Å²) in [6.45, 7) is 6.39. The van der Waals surface area contributed by atoms with Gasteiger partial charge >= 0.3 is 0 Å². The third kappa shape index (κ3) is 3.06. The Bertz CT molecular complexity index is 739. The van der Waals surface area contributed by atoms with E-state index >= 15 is 0 Å². The number of aromatic nitrogens is 1. The van der Waals surface area contributed by atoms with Gasteiger partial charge in [-0.3, -0.25) is 0 Å². The summed E-state index contributed by atoms with van der Waals surface area (Å²) in [5.41, 5.74) is 0.211. The zero-order valence-electron chi connectivity index (χ0n) is 14.4. The van der Waals surface area contributed by atoms with Gasteiger partial charge in [0.1, 0.15) is 0 Å². The van der Waals surface area contributed by atoms with Gasteiger partial charge < -0.3 is 9.64 Å². The van der Waals surface area contributed by atoms with Gasteiger partial charge in [0.15, 0.2) is 4.21 Å². The molecule has 138 valence electrons. The number of rotatable bonds is 5. The number of sulfonamides is 1. The highest BCUT2D eigenvalue weighted by atomic mass is 32.2. The summed E-state index contributed by atoms with van der Waals surface area (Å²) in [4.78, 5) is 6.82. The highest BCUT2D eigenvalue weighted by Crippen LogP contribution is 2.45. The summed E-state index contributed by atoms with van der Waals surface area (Å²) in [7, 11) is -3.32. The average molecular weight is 384 g/mol. The first-order chi connectivity index (χ1) is 12.0. The number of hydrogen-bond donors (Lipinski definition) is 0. The van der Waals surface area contributed by atoms with E-state index in [1.54, 1.807) is 10.5 Å². The first kappa shape index (κ1) is 16.6. The molecule has 0 N–H and O–H groups in total. The molecule has 5 rings (SSSR count). The quantitative estimate of drug-likeness (QED) is 0.775. The van der Waals surface area contributed by atoms with Gasteiger partial charge in [0.05, 0.1) is 11.2 Å². The lowest BCUT2D eigenvalue weighted by molar-refractivity contribution is -0.0912. The number of thiazole rings is 1. The fourth-order valence-electron chi connectivity index (χ4n) is 4.44. The van der Waals surface area contributed by atoms with Crippen molar-refractivity contribution in [1.29, 1.82) is 0 Å². The smallest absolute Gasteiger partial charge is 0.254 e. The summed E-state index contributed by atoms with van der Waals surface area (Å²) in [6, 6.07) is 0. The Balaban J connectivity index is 1.15. The molecule has 4 fully saturated rings. The number of hydrogen-bond acceptors (Lipinski definition) is 6. The Morgan fingerprint density at radius 1 is 1.16 bits per heavy atom. The maximum absolute atomic E-state index is 12.8. The summed E-state index contributed by atoms with van der Waals surface area (Å²) in [5, 5.41) is 1.00. The minimum atomic E-state index is -3.32. The van der Waals surface area contributed by atoms with Crippen LogP contribution in [0.5, 0.6) is 0 Å². The third-order valence-corrected chi connectivity index (χ3v) is 9.41. The summed E-state index contributed by atoms with van der Waals surface area (Å²) in [5.74, 6) is 1.27. The third-order valence-electron chi connectivity index (χ3n) is 6.02. The maximum atomic E-state index is 12.8. The van der Waals surface area contributed by atoms with E-state index < -0.39 is 10.0 Å². The molecule has 25 heavy (non-hydrogen) atoms. The molecule has 1 saturated carbocycles. The van der Waals surface area contributed by atoms with E-state index in [-0.39, 0.29) is 5.41 Å². The molecule has 0 radical (unpaired) electrons. The molecule has 3 aliphatic heterocycles. The molecule has 0 bridgehead atoms. The lowest BCUT2D eigenvalue weighted by Crippen LogP contribution is -2.73. The molecule has 0 unspecified atom stereocenters. The molecule has 6 nitrogen and oxygen atoms in total. The zero-order valence-corrected chi connectivity index (χ0v) is 16.0. The Hall–Kier alpha value is -0.540.